The number of rotatable bonds is 3. The van der Waals surface area contributed by atoms with Gasteiger partial charge in [0.15, 0.2) is 0 Å². The van der Waals surface area contributed by atoms with Gasteiger partial charge >= 0.3 is 0 Å². The Kier molecular flexibility index (Phi) is 5.89. The van der Waals surface area contributed by atoms with E-state index < -0.39 is 0 Å². The number of hydrogen-bond acceptors (Lipinski definition) is 4. The summed E-state index contributed by atoms with van der Waals surface area (Å²) in [5.41, 5.74) is 0. The predicted octanol–water partition coefficient (Wildman–Crippen LogP) is 0.781. The number of nitrogens with one attached hydrogen (secondary N) is 1. The molecular weight excluding hydrogens is 226 g/mol. The lowest BCUT2D eigenvalue weighted by Crippen LogP contribution is -2.49. The van der Waals surface area contributed by atoms with Gasteiger partial charge in [-0.3, -0.25) is 4.90 Å². The highest BCUT2D eigenvalue weighted by molar-refractivity contribution is 4.77. The monoisotopic (exact) mass is 255 g/mol. The average Bonchev–Trinajstić information content (AvgIpc) is 2.38. The van der Waals surface area contributed by atoms with Crippen molar-refractivity contribution in [1.82, 2.24) is 15.1 Å². The topological polar surface area (TPSA) is 27.7 Å². The normalized spacial score (nSPS) is 33.0. The molecule has 2 atom stereocenters. The van der Waals surface area contributed by atoms with Gasteiger partial charge in [0.25, 0.3) is 0 Å². The Balaban J connectivity index is 1.76. The second kappa shape index (κ2) is 7.43. The highest BCUT2D eigenvalue weighted by Crippen LogP contribution is 2.09. The molecule has 0 aromatic rings. The van der Waals surface area contributed by atoms with Crippen molar-refractivity contribution in [1.29, 1.82) is 0 Å². The Hall–Kier alpha value is -0.160. The first-order chi connectivity index (χ1) is 8.78. The molecule has 0 saturated carbocycles. The van der Waals surface area contributed by atoms with Crippen LogP contribution < -0.4 is 5.32 Å². The summed E-state index contributed by atoms with van der Waals surface area (Å²) in [5, 5.41) is 3.56. The maximum absolute atomic E-state index is 5.91. The lowest BCUT2D eigenvalue weighted by molar-refractivity contribution is -0.0426. The summed E-state index contributed by atoms with van der Waals surface area (Å²) in [6, 6.07) is 0.659. The van der Waals surface area contributed by atoms with Crippen LogP contribution in [0.3, 0.4) is 0 Å². The molecule has 18 heavy (non-hydrogen) atoms. The molecule has 2 aliphatic heterocycles. The summed E-state index contributed by atoms with van der Waals surface area (Å²) in [6.45, 7) is 13.5. The van der Waals surface area contributed by atoms with Crippen molar-refractivity contribution in [2.45, 2.75) is 38.8 Å². The van der Waals surface area contributed by atoms with Crippen LogP contribution in [0, 0.1) is 0 Å². The first-order valence-electron chi connectivity index (χ1n) is 7.57. The van der Waals surface area contributed by atoms with Gasteiger partial charge in [-0.25, -0.2) is 0 Å². The van der Waals surface area contributed by atoms with Crippen LogP contribution in [0.1, 0.15) is 26.7 Å². The Morgan fingerprint density at radius 1 is 1.22 bits per heavy atom. The van der Waals surface area contributed by atoms with E-state index in [1.54, 1.807) is 0 Å². The average molecular weight is 255 g/mol. The maximum atomic E-state index is 5.91. The second-order valence-corrected chi connectivity index (χ2v) is 5.68. The summed E-state index contributed by atoms with van der Waals surface area (Å²) < 4.78 is 5.91. The van der Waals surface area contributed by atoms with Crippen LogP contribution in [0.2, 0.25) is 0 Å². The van der Waals surface area contributed by atoms with Crippen molar-refractivity contribution in [2.24, 2.45) is 0 Å². The third-order valence-electron chi connectivity index (χ3n) is 4.15. The van der Waals surface area contributed by atoms with Crippen molar-refractivity contribution in [3.63, 3.8) is 0 Å². The molecule has 106 valence electrons. The second-order valence-electron chi connectivity index (χ2n) is 5.68. The summed E-state index contributed by atoms with van der Waals surface area (Å²) in [6.07, 6.45) is 2.93. The third-order valence-corrected chi connectivity index (χ3v) is 4.15. The first kappa shape index (κ1) is 14.3. The van der Waals surface area contributed by atoms with Crippen LogP contribution in [-0.4, -0.2) is 74.4 Å². The lowest BCUT2D eigenvalue weighted by atomic mass is 10.1. The van der Waals surface area contributed by atoms with Gasteiger partial charge in [-0.2, -0.15) is 0 Å². The number of nitrogens with zero attached hydrogens (tertiary/aromatic N) is 2. The maximum Gasteiger partial charge on any atom is 0.0829 e. The van der Waals surface area contributed by atoms with Gasteiger partial charge in [0.1, 0.15) is 0 Å². The molecule has 2 saturated heterocycles. The SMILES string of the molecule is CCN1CCOC(CN2CCCNC(C)CC2)C1. The molecule has 2 unspecified atom stereocenters. The van der Waals surface area contributed by atoms with Gasteiger partial charge in [-0.15, -0.1) is 0 Å². The highest BCUT2D eigenvalue weighted by Gasteiger charge is 2.22. The van der Waals surface area contributed by atoms with E-state index in [4.69, 9.17) is 4.74 Å². The fourth-order valence-electron chi connectivity index (χ4n) is 2.89. The zero-order chi connectivity index (χ0) is 12.8. The molecule has 2 aliphatic rings. The number of hydrogen-bond donors (Lipinski definition) is 1. The molecule has 0 aliphatic carbocycles. The Morgan fingerprint density at radius 3 is 2.94 bits per heavy atom. The summed E-state index contributed by atoms with van der Waals surface area (Å²) >= 11 is 0. The smallest absolute Gasteiger partial charge is 0.0829 e. The van der Waals surface area contributed by atoms with Crippen LogP contribution in [0.4, 0.5) is 0 Å². The summed E-state index contributed by atoms with van der Waals surface area (Å²) in [7, 11) is 0. The van der Waals surface area contributed by atoms with Crippen LogP contribution in [0.15, 0.2) is 0 Å². The Bertz CT molecular complexity index is 237. The fourth-order valence-corrected chi connectivity index (χ4v) is 2.89. The van der Waals surface area contributed by atoms with Crippen LogP contribution in [0.25, 0.3) is 0 Å². The molecule has 0 spiro atoms. The molecule has 1 N–H and O–H groups in total. The minimum atomic E-state index is 0.418. The molecule has 2 rings (SSSR count). The number of ether oxygens (including phenoxy) is 1. The summed E-state index contributed by atoms with van der Waals surface area (Å²) in [4.78, 5) is 5.10. The van der Waals surface area contributed by atoms with Crippen molar-refractivity contribution in [3.05, 3.63) is 0 Å². The van der Waals surface area contributed by atoms with E-state index in [0.717, 1.165) is 39.3 Å². The van der Waals surface area contributed by atoms with Gasteiger partial charge in [-0.1, -0.05) is 6.92 Å². The molecule has 2 fully saturated rings. The zero-order valence-corrected chi connectivity index (χ0v) is 12.0. The van der Waals surface area contributed by atoms with Gasteiger partial charge in [-0.05, 0) is 45.9 Å². The van der Waals surface area contributed by atoms with Crippen molar-refractivity contribution in [3.8, 4) is 0 Å². The molecule has 0 radical (unpaired) electrons. The molecule has 0 aromatic heterocycles. The van der Waals surface area contributed by atoms with Crippen molar-refractivity contribution >= 4 is 0 Å². The Labute approximate surface area is 112 Å². The standard InChI is InChI=1S/C14H29N3O/c1-3-16-9-10-18-14(11-16)12-17-7-4-6-15-13(2)5-8-17/h13-15H,3-12H2,1-2H3. The molecule has 0 amide bonds. The van der Waals surface area contributed by atoms with E-state index in [0.29, 0.717) is 12.1 Å². The van der Waals surface area contributed by atoms with Crippen molar-refractivity contribution in [2.75, 3.05) is 52.4 Å². The summed E-state index contributed by atoms with van der Waals surface area (Å²) in [5.74, 6) is 0. The van der Waals surface area contributed by atoms with Crippen LogP contribution >= 0.6 is 0 Å². The number of morpholine rings is 1. The zero-order valence-electron chi connectivity index (χ0n) is 12.0. The van der Waals surface area contributed by atoms with Gasteiger partial charge < -0.3 is 15.0 Å². The van der Waals surface area contributed by atoms with E-state index in [9.17, 15) is 0 Å². The van der Waals surface area contributed by atoms with E-state index >= 15 is 0 Å². The lowest BCUT2D eigenvalue weighted by Gasteiger charge is -2.36. The highest BCUT2D eigenvalue weighted by atomic mass is 16.5. The first-order valence-corrected chi connectivity index (χ1v) is 7.57. The van der Waals surface area contributed by atoms with Crippen molar-refractivity contribution < 1.29 is 4.74 Å². The van der Waals surface area contributed by atoms with Crippen LogP contribution in [0.5, 0.6) is 0 Å². The minimum absolute atomic E-state index is 0.418. The van der Waals surface area contributed by atoms with Gasteiger partial charge in [0.2, 0.25) is 0 Å². The molecule has 2 heterocycles. The van der Waals surface area contributed by atoms with E-state index in [1.165, 1.54) is 25.9 Å². The molecule has 0 aromatic carbocycles. The number of likely N-dealkylation sites (N-methyl/N-ethyl adjacent to an activating group) is 1. The minimum Gasteiger partial charge on any atom is -0.374 e. The van der Waals surface area contributed by atoms with E-state index in [1.807, 2.05) is 0 Å². The largest absolute Gasteiger partial charge is 0.374 e. The Morgan fingerprint density at radius 2 is 2.11 bits per heavy atom. The molecule has 4 nitrogen and oxygen atoms in total. The van der Waals surface area contributed by atoms with Gasteiger partial charge in [0, 0.05) is 25.7 Å². The van der Waals surface area contributed by atoms with E-state index in [2.05, 4.69) is 29.0 Å². The van der Waals surface area contributed by atoms with Gasteiger partial charge in [0.05, 0.1) is 12.7 Å². The fraction of sp³-hybridized carbons (Fsp3) is 1.00. The predicted molar refractivity (Wildman–Crippen MR) is 75.0 cm³/mol. The molecular formula is C14H29N3O. The van der Waals surface area contributed by atoms with E-state index in [-0.39, 0.29) is 0 Å². The van der Waals surface area contributed by atoms with Crippen LogP contribution in [-0.2, 0) is 4.74 Å². The third kappa shape index (κ3) is 4.50. The molecule has 0 bridgehead atoms. The molecule has 4 heteroatoms. The quantitative estimate of drug-likeness (QED) is 0.806.